The highest BCUT2D eigenvalue weighted by Crippen LogP contribution is 2.26. The Bertz CT molecular complexity index is 1090. The fourth-order valence-electron chi connectivity index (χ4n) is 3.61. The first-order valence-corrected chi connectivity index (χ1v) is 11.4. The number of aryl methyl sites for hydroxylation is 1. The van der Waals surface area contributed by atoms with Crippen LogP contribution < -0.4 is 5.32 Å². The SMILES string of the molecule is Cn1cc(C(=O)NC2CCN(C(=O)c3cccnc3SCc3ccc(F)cc3)CC2)cn1. The van der Waals surface area contributed by atoms with E-state index < -0.39 is 0 Å². The molecule has 7 nitrogen and oxygen atoms in total. The van der Waals surface area contributed by atoms with E-state index in [0.717, 1.165) is 5.56 Å². The topological polar surface area (TPSA) is 80.1 Å². The van der Waals surface area contributed by atoms with Crippen molar-refractivity contribution < 1.29 is 14.0 Å². The van der Waals surface area contributed by atoms with E-state index in [0.29, 0.717) is 47.8 Å². The summed E-state index contributed by atoms with van der Waals surface area (Å²) in [6.07, 6.45) is 6.28. The van der Waals surface area contributed by atoms with Crippen molar-refractivity contribution in [1.29, 1.82) is 0 Å². The fraction of sp³-hybridized carbons (Fsp3) is 0.304. The fourth-order valence-corrected chi connectivity index (χ4v) is 4.55. The maximum absolute atomic E-state index is 13.2. The Balaban J connectivity index is 1.34. The molecule has 2 amide bonds. The number of carbonyl (C=O) groups is 2. The molecule has 0 saturated carbocycles. The predicted molar refractivity (Wildman–Crippen MR) is 120 cm³/mol. The molecule has 1 aliphatic rings. The third kappa shape index (κ3) is 5.34. The van der Waals surface area contributed by atoms with Crippen LogP contribution in [0.15, 0.2) is 60.0 Å². The first-order valence-electron chi connectivity index (χ1n) is 10.4. The van der Waals surface area contributed by atoms with Crippen LogP contribution in [0.2, 0.25) is 0 Å². The molecule has 0 atom stereocenters. The maximum atomic E-state index is 13.2. The van der Waals surface area contributed by atoms with Crippen molar-refractivity contribution in [3.8, 4) is 0 Å². The van der Waals surface area contributed by atoms with Gasteiger partial charge in [-0.05, 0) is 42.7 Å². The molecule has 9 heteroatoms. The normalized spacial score (nSPS) is 14.4. The second-order valence-electron chi connectivity index (χ2n) is 7.71. The average Bonchev–Trinajstić information content (AvgIpc) is 3.25. The van der Waals surface area contributed by atoms with Crippen LogP contribution in [-0.2, 0) is 12.8 Å². The van der Waals surface area contributed by atoms with Crippen molar-refractivity contribution >= 4 is 23.6 Å². The lowest BCUT2D eigenvalue weighted by Crippen LogP contribution is -2.46. The van der Waals surface area contributed by atoms with E-state index in [1.807, 2.05) is 4.90 Å². The van der Waals surface area contributed by atoms with Crippen LogP contribution in [-0.4, -0.2) is 50.6 Å². The van der Waals surface area contributed by atoms with Gasteiger partial charge in [0.2, 0.25) is 0 Å². The molecular formula is C23H24FN5O2S. The number of amides is 2. The second kappa shape index (κ2) is 9.95. The van der Waals surface area contributed by atoms with Gasteiger partial charge in [0.15, 0.2) is 0 Å². The van der Waals surface area contributed by atoms with Gasteiger partial charge in [-0.2, -0.15) is 5.10 Å². The number of rotatable bonds is 6. The summed E-state index contributed by atoms with van der Waals surface area (Å²) < 4.78 is 14.7. The highest BCUT2D eigenvalue weighted by molar-refractivity contribution is 7.98. The molecule has 3 heterocycles. The van der Waals surface area contributed by atoms with Crippen LogP contribution in [0.25, 0.3) is 0 Å². The molecule has 32 heavy (non-hydrogen) atoms. The minimum absolute atomic E-state index is 0.0213. The van der Waals surface area contributed by atoms with E-state index >= 15 is 0 Å². The van der Waals surface area contributed by atoms with Gasteiger partial charge in [-0.3, -0.25) is 14.3 Å². The number of thioether (sulfide) groups is 1. The average molecular weight is 454 g/mol. The summed E-state index contributed by atoms with van der Waals surface area (Å²) in [5.41, 5.74) is 2.06. The zero-order chi connectivity index (χ0) is 22.5. The highest BCUT2D eigenvalue weighted by atomic mass is 32.2. The number of piperidine rings is 1. The first-order chi connectivity index (χ1) is 15.5. The molecule has 1 saturated heterocycles. The van der Waals surface area contributed by atoms with Gasteiger partial charge in [-0.25, -0.2) is 9.37 Å². The van der Waals surface area contributed by atoms with Crippen molar-refractivity contribution in [2.45, 2.75) is 29.7 Å². The zero-order valence-electron chi connectivity index (χ0n) is 17.7. The molecule has 1 aliphatic heterocycles. The van der Waals surface area contributed by atoms with E-state index in [-0.39, 0.29) is 23.7 Å². The number of aromatic nitrogens is 3. The lowest BCUT2D eigenvalue weighted by molar-refractivity contribution is 0.0694. The smallest absolute Gasteiger partial charge is 0.256 e. The molecular weight excluding hydrogens is 429 g/mol. The van der Waals surface area contributed by atoms with Crippen LogP contribution in [0.5, 0.6) is 0 Å². The Morgan fingerprint density at radius 2 is 1.94 bits per heavy atom. The van der Waals surface area contributed by atoms with Gasteiger partial charge in [0.05, 0.1) is 17.3 Å². The van der Waals surface area contributed by atoms with Gasteiger partial charge in [0.1, 0.15) is 10.8 Å². The minimum Gasteiger partial charge on any atom is -0.349 e. The summed E-state index contributed by atoms with van der Waals surface area (Å²) in [4.78, 5) is 31.7. The van der Waals surface area contributed by atoms with E-state index in [2.05, 4.69) is 15.4 Å². The summed E-state index contributed by atoms with van der Waals surface area (Å²) in [6.45, 7) is 1.13. The molecule has 1 aromatic carbocycles. The molecule has 0 radical (unpaired) electrons. The molecule has 0 unspecified atom stereocenters. The van der Waals surface area contributed by atoms with Gasteiger partial charge in [-0.1, -0.05) is 12.1 Å². The lowest BCUT2D eigenvalue weighted by Gasteiger charge is -2.32. The van der Waals surface area contributed by atoms with Crippen LogP contribution in [0, 0.1) is 5.82 Å². The van der Waals surface area contributed by atoms with Crippen molar-refractivity contribution in [1.82, 2.24) is 25.0 Å². The van der Waals surface area contributed by atoms with Crippen LogP contribution >= 0.6 is 11.8 Å². The number of hydrogen-bond acceptors (Lipinski definition) is 5. The van der Waals surface area contributed by atoms with E-state index in [1.54, 1.807) is 54.6 Å². The largest absolute Gasteiger partial charge is 0.349 e. The van der Waals surface area contributed by atoms with Crippen LogP contribution in [0.3, 0.4) is 0 Å². The number of carbonyl (C=O) groups excluding carboxylic acids is 2. The number of nitrogens with zero attached hydrogens (tertiary/aromatic N) is 4. The molecule has 0 spiro atoms. The van der Waals surface area contributed by atoms with Gasteiger partial charge in [-0.15, -0.1) is 11.8 Å². The maximum Gasteiger partial charge on any atom is 0.256 e. The van der Waals surface area contributed by atoms with Crippen molar-refractivity contribution in [3.05, 3.63) is 77.5 Å². The Hall–Kier alpha value is -3.20. The summed E-state index contributed by atoms with van der Waals surface area (Å²) in [7, 11) is 1.77. The van der Waals surface area contributed by atoms with Crippen LogP contribution in [0.1, 0.15) is 39.1 Å². The van der Waals surface area contributed by atoms with Gasteiger partial charge in [0.25, 0.3) is 11.8 Å². The summed E-state index contributed by atoms with van der Waals surface area (Å²) in [6, 6.07) is 9.89. The number of nitrogens with one attached hydrogen (secondary N) is 1. The minimum atomic E-state index is -0.271. The Morgan fingerprint density at radius 3 is 2.62 bits per heavy atom. The second-order valence-corrected chi connectivity index (χ2v) is 8.68. The van der Waals surface area contributed by atoms with Gasteiger partial charge in [0, 0.05) is 44.3 Å². The molecule has 166 valence electrons. The number of halogens is 1. The summed E-state index contributed by atoms with van der Waals surface area (Å²) in [5, 5.41) is 7.71. The zero-order valence-corrected chi connectivity index (χ0v) is 18.5. The van der Waals surface area contributed by atoms with Crippen molar-refractivity contribution in [2.75, 3.05) is 13.1 Å². The van der Waals surface area contributed by atoms with Crippen LogP contribution in [0.4, 0.5) is 4.39 Å². The molecule has 3 aromatic rings. The molecule has 4 rings (SSSR count). The highest BCUT2D eigenvalue weighted by Gasteiger charge is 2.26. The predicted octanol–water partition coefficient (Wildman–Crippen LogP) is 3.28. The Labute approximate surface area is 190 Å². The number of pyridine rings is 1. The van der Waals surface area contributed by atoms with Gasteiger partial charge >= 0.3 is 0 Å². The molecule has 1 N–H and O–H groups in total. The van der Waals surface area contributed by atoms with E-state index in [4.69, 9.17) is 0 Å². The third-order valence-corrected chi connectivity index (χ3v) is 6.45. The van der Waals surface area contributed by atoms with E-state index in [1.165, 1.54) is 23.9 Å². The first kappa shape index (κ1) is 22.0. The molecule has 2 aromatic heterocycles. The van der Waals surface area contributed by atoms with Gasteiger partial charge < -0.3 is 10.2 Å². The number of likely N-dealkylation sites (tertiary alicyclic amines) is 1. The van der Waals surface area contributed by atoms with Crippen molar-refractivity contribution in [2.24, 2.45) is 7.05 Å². The molecule has 1 fully saturated rings. The number of hydrogen-bond donors (Lipinski definition) is 1. The number of benzene rings is 1. The Kier molecular flexibility index (Phi) is 6.84. The third-order valence-electron chi connectivity index (χ3n) is 5.37. The summed E-state index contributed by atoms with van der Waals surface area (Å²) >= 11 is 1.46. The molecule has 0 aliphatic carbocycles. The standard InChI is InChI=1S/C23H24FN5O2S/c1-28-14-17(13-26-28)21(30)27-19-8-11-29(12-9-19)23(31)20-3-2-10-25-22(20)32-15-16-4-6-18(24)7-5-16/h2-7,10,13-14,19H,8-9,11-12,15H2,1H3,(H,27,30). The molecule has 0 bridgehead atoms. The summed E-state index contributed by atoms with van der Waals surface area (Å²) in [5.74, 6) is 0.124. The Morgan fingerprint density at radius 1 is 1.19 bits per heavy atom. The monoisotopic (exact) mass is 453 g/mol. The van der Waals surface area contributed by atoms with E-state index in [9.17, 15) is 14.0 Å². The van der Waals surface area contributed by atoms with Crippen molar-refractivity contribution in [3.63, 3.8) is 0 Å². The lowest BCUT2D eigenvalue weighted by atomic mass is 10.0. The quantitative estimate of drug-likeness (QED) is 0.580.